The van der Waals surface area contributed by atoms with Crippen LogP contribution in [0.1, 0.15) is 27.0 Å². The van der Waals surface area contributed by atoms with Gasteiger partial charge < -0.3 is 15.4 Å². The summed E-state index contributed by atoms with van der Waals surface area (Å²) in [6.07, 6.45) is -1.29. The van der Waals surface area contributed by atoms with Gasteiger partial charge in [0.25, 0.3) is 5.91 Å². The predicted molar refractivity (Wildman–Crippen MR) is 121 cm³/mol. The Balaban J connectivity index is 1.84. The zero-order valence-electron chi connectivity index (χ0n) is 17.7. The molecule has 162 valence electrons. The van der Waals surface area contributed by atoms with Crippen LogP contribution in [0.5, 0.6) is 5.75 Å². The van der Waals surface area contributed by atoms with Gasteiger partial charge >= 0.3 is 0 Å². The minimum Gasteiger partial charge on any atom is -0.496 e. The van der Waals surface area contributed by atoms with Crippen LogP contribution in [-0.4, -0.2) is 37.2 Å². The first-order chi connectivity index (χ1) is 15.4. The molecule has 0 saturated heterocycles. The van der Waals surface area contributed by atoms with Gasteiger partial charge in [-0.2, -0.15) is 0 Å². The number of carbonyl (C=O) groups is 2. The molecule has 0 bridgehead atoms. The van der Waals surface area contributed by atoms with E-state index in [4.69, 9.17) is 10.5 Å². The molecule has 0 aliphatic carbocycles. The summed E-state index contributed by atoms with van der Waals surface area (Å²) in [5.74, 6) is -0.920. The number of para-hydroxylation sites is 2. The Morgan fingerprint density at radius 2 is 1.75 bits per heavy atom. The normalized spacial score (nSPS) is 15.6. The molecule has 0 aromatic heterocycles. The fourth-order valence-electron chi connectivity index (χ4n) is 3.87. The van der Waals surface area contributed by atoms with Crippen molar-refractivity contribution in [2.75, 3.05) is 18.6 Å². The number of ether oxygens (including phenoxy) is 1. The number of hydrogen-bond acceptors (Lipinski definition) is 5. The minimum atomic E-state index is -1.29. The summed E-state index contributed by atoms with van der Waals surface area (Å²) in [6.45, 7) is 1.56. The van der Waals surface area contributed by atoms with Crippen molar-refractivity contribution in [2.45, 2.75) is 13.1 Å². The molecule has 1 aliphatic heterocycles. The minimum absolute atomic E-state index is 0.237. The molecule has 6 nitrogen and oxygen atoms in total. The van der Waals surface area contributed by atoms with E-state index < -0.39 is 17.9 Å². The van der Waals surface area contributed by atoms with Crippen molar-refractivity contribution in [1.82, 2.24) is 0 Å². The SMILES string of the molecule is COc1ccccc1C(=O)CN1C(=O)C(N)N=C(c2ccccc2F)c2cccc(C)c21. The number of hydrogen-bond donors (Lipinski definition) is 1. The smallest absolute Gasteiger partial charge is 0.266 e. The van der Waals surface area contributed by atoms with Crippen LogP contribution in [-0.2, 0) is 4.79 Å². The van der Waals surface area contributed by atoms with Gasteiger partial charge in [-0.05, 0) is 36.8 Å². The van der Waals surface area contributed by atoms with Crippen molar-refractivity contribution in [3.63, 3.8) is 0 Å². The van der Waals surface area contributed by atoms with E-state index in [0.717, 1.165) is 5.56 Å². The van der Waals surface area contributed by atoms with E-state index in [2.05, 4.69) is 4.99 Å². The second-order valence-electron chi connectivity index (χ2n) is 7.42. The number of aryl methyl sites for hydroxylation is 1. The van der Waals surface area contributed by atoms with Crippen molar-refractivity contribution in [2.24, 2.45) is 10.7 Å². The van der Waals surface area contributed by atoms with Gasteiger partial charge in [-0.25, -0.2) is 4.39 Å². The fraction of sp³-hybridized carbons (Fsp3) is 0.160. The average molecular weight is 431 g/mol. The highest BCUT2D eigenvalue weighted by molar-refractivity contribution is 6.21. The number of amides is 1. The molecule has 4 rings (SSSR count). The molecule has 0 spiro atoms. The number of benzene rings is 3. The maximum absolute atomic E-state index is 14.6. The Morgan fingerprint density at radius 3 is 2.50 bits per heavy atom. The summed E-state index contributed by atoms with van der Waals surface area (Å²) in [4.78, 5) is 32.1. The van der Waals surface area contributed by atoms with Gasteiger partial charge in [0.2, 0.25) is 0 Å². The third-order valence-corrected chi connectivity index (χ3v) is 5.39. The lowest BCUT2D eigenvalue weighted by Gasteiger charge is -2.25. The lowest BCUT2D eigenvalue weighted by atomic mass is 9.97. The molecule has 2 N–H and O–H groups in total. The number of benzodiazepines with no additional fused rings is 1. The van der Waals surface area contributed by atoms with Crippen LogP contribution >= 0.6 is 0 Å². The number of anilines is 1. The summed E-state index contributed by atoms with van der Waals surface area (Å²) >= 11 is 0. The van der Waals surface area contributed by atoms with Crippen LogP contribution in [0.25, 0.3) is 0 Å². The van der Waals surface area contributed by atoms with E-state index in [1.807, 2.05) is 13.0 Å². The number of rotatable bonds is 5. The third-order valence-electron chi connectivity index (χ3n) is 5.39. The van der Waals surface area contributed by atoms with Crippen LogP contribution in [0.15, 0.2) is 71.7 Å². The number of methoxy groups -OCH3 is 1. The lowest BCUT2D eigenvalue weighted by molar-refractivity contribution is -0.119. The Bertz CT molecular complexity index is 1240. The van der Waals surface area contributed by atoms with Crippen LogP contribution in [0, 0.1) is 12.7 Å². The zero-order chi connectivity index (χ0) is 22.8. The topological polar surface area (TPSA) is 85.0 Å². The summed E-state index contributed by atoms with van der Waals surface area (Å²) in [6, 6.07) is 18.4. The molecule has 1 atom stereocenters. The van der Waals surface area contributed by atoms with Gasteiger partial charge in [-0.1, -0.05) is 42.5 Å². The summed E-state index contributed by atoms with van der Waals surface area (Å²) in [7, 11) is 1.48. The maximum Gasteiger partial charge on any atom is 0.266 e. The maximum atomic E-state index is 14.6. The standard InChI is InChI=1S/C25H22FN3O3/c1-15-8-7-11-18-22(16-9-3-5-12-19(16)26)28-24(27)25(31)29(23(15)18)14-20(30)17-10-4-6-13-21(17)32-2/h3-13,24H,14,27H2,1-2H3. The first kappa shape index (κ1) is 21.4. The highest BCUT2D eigenvalue weighted by Crippen LogP contribution is 2.32. The first-order valence-corrected chi connectivity index (χ1v) is 10.1. The number of aliphatic imine (C=N–C) groups is 1. The molecular formula is C25H22FN3O3. The number of halogens is 1. The molecule has 1 heterocycles. The van der Waals surface area contributed by atoms with Gasteiger partial charge in [0, 0.05) is 11.1 Å². The molecular weight excluding hydrogens is 409 g/mol. The quantitative estimate of drug-likeness (QED) is 0.627. The highest BCUT2D eigenvalue weighted by atomic mass is 19.1. The van der Waals surface area contributed by atoms with Crippen LogP contribution < -0.4 is 15.4 Å². The number of nitrogens with zero attached hydrogens (tertiary/aromatic N) is 2. The number of Topliss-reactive ketones (excluding diaryl/α,β-unsaturated/α-hetero) is 1. The Labute approximate surface area is 185 Å². The van der Waals surface area contributed by atoms with Crippen molar-refractivity contribution in [3.8, 4) is 5.75 Å². The second-order valence-corrected chi connectivity index (χ2v) is 7.42. The van der Waals surface area contributed by atoms with Crippen LogP contribution in [0.3, 0.4) is 0 Å². The van der Waals surface area contributed by atoms with Crippen molar-refractivity contribution in [1.29, 1.82) is 0 Å². The third kappa shape index (κ3) is 3.78. The average Bonchev–Trinajstić information content (AvgIpc) is 2.90. The molecule has 0 radical (unpaired) electrons. The number of fused-ring (bicyclic) bond motifs is 1. The lowest BCUT2D eigenvalue weighted by Crippen LogP contribution is -2.45. The van der Waals surface area contributed by atoms with E-state index in [-0.39, 0.29) is 23.6 Å². The van der Waals surface area contributed by atoms with E-state index in [9.17, 15) is 14.0 Å². The Hall–Kier alpha value is -3.84. The molecule has 0 fully saturated rings. The van der Waals surface area contributed by atoms with Crippen molar-refractivity contribution < 1.29 is 18.7 Å². The van der Waals surface area contributed by atoms with Crippen LogP contribution in [0.4, 0.5) is 10.1 Å². The predicted octanol–water partition coefficient (Wildman–Crippen LogP) is 3.49. The second kappa shape index (κ2) is 8.72. The fourth-order valence-corrected chi connectivity index (χ4v) is 3.87. The Kier molecular flexibility index (Phi) is 5.83. The zero-order valence-corrected chi connectivity index (χ0v) is 17.7. The van der Waals surface area contributed by atoms with Gasteiger partial charge in [0.05, 0.1) is 30.6 Å². The first-order valence-electron chi connectivity index (χ1n) is 10.1. The number of nitrogens with two attached hydrogens (primary N) is 1. The molecule has 1 unspecified atom stereocenters. The summed E-state index contributed by atoms with van der Waals surface area (Å²) in [5, 5.41) is 0. The monoisotopic (exact) mass is 431 g/mol. The van der Waals surface area contributed by atoms with Crippen molar-refractivity contribution in [3.05, 3.63) is 94.8 Å². The molecule has 7 heteroatoms. The Morgan fingerprint density at radius 1 is 1.06 bits per heavy atom. The van der Waals surface area contributed by atoms with E-state index >= 15 is 0 Å². The molecule has 0 saturated carbocycles. The van der Waals surface area contributed by atoms with E-state index in [1.54, 1.807) is 54.6 Å². The molecule has 32 heavy (non-hydrogen) atoms. The van der Waals surface area contributed by atoms with Gasteiger partial charge in [-0.15, -0.1) is 0 Å². The van der Waals surface area contributed by atoms with Crippen molar-refractivity contribution >= 4 is 23.1 Å². The van der Waals surface area contributed by atoms with Crippen LogP contribution in [0.2, 0.25) is 0 Å². The highest BCUT2D eigenvalue weighted by Gasteiger charge is 2.33. The molecule has 1 aliphatic rings. The van der Waals surface area contributed by atoms with Gasteiger partial charge in [0.15, 0.2) is 11.9 Å². The van der Waals surface area contributed by atoms with Gasteiger partial charge in [-0.3, -0.25) is 14.6 Å². The molecule has 3 aromatic rings. The number of carbonyl (C=O) groups excluding carboxylic acids is 2. The largest absolute Gasteiger partial charge is 0.496 e. The van der Waals surface area contributed by atoms with Gasteiger partial charge in [0.1, 0.15) is 11.6 Å². The number of ketones is 1. The molecule has 3 aromatic carbocycles. The summed E-state index contributed by atoms with van der Waals surface area (Å²) < 4.78 is 19.9. The van der Waals surface area contributed by atoms with E-state index in [1.165, 1.54) is 18.1 Å². The molecule has 1 amide bonds. The summed E-state index contributed by atoms with van der Waals surface area (Å²) in [5.41, 5.74) is 8.72. The van der Waals surface area contributed by atoms with E-state index in [0.29, 0.717) is 22.6 Å².